The standard InChI is InChI=1S/C11H11ClN2OS/c1-7-8(2)16-11(15)14(7)6-9-4-3-5-13-10(9)12/h3-5H,6H2,1-2H3. The van der Waals surface area contributed by atoms with Crippen molar-refractivity contribution in [1.82, 2.24) is 9.55 Å². The third-order valence-electron chi connectivity index (χ3n) is 2.54. The average Bonchev–Trinajstić information content (AvgIpc) is 2.48. The summed E-state index contributed by atoms with van der Waals surface area (Å²) in [6, 6.07) is 3.70. The number of hydrogen-bond donors (Lipinski definition) is 0. The van der Waals surface area contributed by atoms with Crippen LogP contribution in [0.4, 0.5) is 0 Å². The van der Waals surface area contributed by atoms with Gasteiger partial charge < -0.3 is 0 Å². The predicted octanol–water partition coefficient (Wildman–Crippen LogP) is 2.62. The molecule has 16 heavy (non-hydrogen) atoms. The van der Waals surface area contributed by atoms with Crippen LogP contribution in [0.15, 0.2) is 23.1 Å². The van der Waals surface area contributed by atoms with Crippen molar-refractivity contribution in [3.63, 3.8) is 0 Å². The lowest BCUT2D eigenvalue weighted by Crippen LogP contribution is -2.15. The molecule has 0 fully saturated rings. The van der Waals surface area contributed by atoms with Crippen LogP contribution >= 0.6 is 22.9 Å². The summed E-state index contributed by atoms with van der Waals surface area (Å²) in [5, 5.41) is 0.456. The molecule has 0 saturated carbocycles. The minimum atomic E-state index is 0.0509. The van der Waals surface area contributed by atoms with E-state index in [1.54, 1.807) is 10.8 Å². The highest BCUT2D eigenvalue weighted by Gasteiger charge is 2.09. The van der Waals surface area contributed by atoms with E-state index in [0.29, 0.717) is 11.7 Å². The van der Waals surface area contributed by atoms with Crippen LogP contribution in [0, 0.1) is 13.8 Å². The van der Waals surface area contributed by atoms with E-state index in [9.17, 15) is 4.79 Å². The van der Waals surface area contributed by atoms with E-state index in [4.69, 9.17) is 11.6 Å². The number of halogens is 1. The van der Waals surface area contributed by atoms with Gasteiger partial charge in [0.2, 0.25) is 0 Å². The Morgan fingerprint density at radius 2 is 2.25 bits per heavy atom. The van der Waals surface area contributed by atoms with E-state index in [1.807, 2.05) is 26.0 Å². The van der Waals surface area contributed by atoms with Crippen molar-refractivity contribution in [2.45, 2.75) is 20.4 Å². The SMILES string of the molecule is Cc1sc(=O)n(Cc2cccnc2Cl)c1C. The molecule has 0 unspecified atom stereocenters. The summed E-state index contributed by atoms with van der Waals surface area (Å²) in [6.45, 7) is 4.38. The van der Waals surface area contributed by atoms with Crippen molar-refractivity contribution >= 4 is 22.9 Å². The smallest absolute Gasteiger partial charge is 0.299 e. The van der Waals surface area contributed by atoms with Crippen molar-refractivity contribution < 1.29 is 0 Å². The van der Waals surface area contributed by atoms with E-state index < -0.39 is 0 Å². The molecule has 0 spiro atoms. The third-order valence-corrected chi connectivity index (χ3v) is 3.88. The first-order valence-electron chi connectivity index (χ1n) is 4.86. The maximum Gasteiger partial charge on any atom is 0.307 e. The molecule has 2 rings (SSSR count). The lowest BCUT2D eigenvalue weighted by molar-refractivity contribution is 0.749. The highest BCUT2D eigenvalue weighted by atomic mass is 35.5. The Kier molecular flexibility index (Phi) is 3.12. The average molecular weight is 255 g/mol. The number of rotatable bonds is 2. The molecule has 0 bridgehead atoms. The fourth-order valence-electron chi connectivity index (χ4n) is 1.48. The molecule has 2 aromatic heterocycles. The number of hydrogen-bond acceptors (Lipinski definition) is 3. The molecule has 0 radical (unpaired) electrons. The number of aromatic nitrogens is 2. The van der Waals surface area contributed by atoms with Crippen LogP contribution in [0.2, 0.25) is 5.15 Å². The van der Waals surface area contributed by atoms with Gasteiger partial charge in [0.15, 0.2) is 0 Å². The van der Waals surface area contributed by atoms with Crippen LogP contribution in [0.1, 0.15) is 16.1 Å². The Balaban J connectivity index is 2.42. The summed E-state index contributed by atoms with van der Waals surface area (Å²) in [4.78, 5) is 16.8. The van der Waals surface area contributed by atoms with Crippen LogP contribution in [-0.4, -0.2) is 9.55 Å². The molecule has 0 aliphatic rings. The summed E-state index contributed by atoms with van der Waals surface area (Å²) < 4.78 is 1.73. The minimum Gasteiger partial charge on any atom is -0.299 e. The van der Waals surface area contributed by atoms with E-state index in [-0.39, 0.29) is 4.87 Å². The van der Waals surface area contributed by atoms with Gasteiger partial charge in [-0.2, -0.15) is 0 Å². The molecule has 3 nitrogen and oxygen atoms in total. The highest BCUT2D eigenvalue weighted by molar-refractivity contribution is 7.09. The number of aryl methyl sites for hydroxylation is 1. The third kappa shape index (κ3) is 2.03. The molecule has 2 aromatic rings. The fourth-order valence-corrected chi connectivity index (χ4v) is 2.49. The molecule has 5 heteroatoms. The summed E-state index contributed by atoms with van der Waals surface area (Å²) >= 11 is 7.23. The number of nitrogens with zero attached hydrogens (tertiary/aromatic N) is 2. The molecule has 0 saturated heterocycles. The molecule has 84 valence electrons. The van der Waals surface area contributed by atoms with Crippen LogP contribution < -0.4 is 4.87 Å². The largest absolute Gasteiger partial charge is 0.307 e. The van der Waals surface area contributed by atoms with Gasteiger partial charge in [0.1, 0.15) is 5.15 Å². The second-order valence-electron chi connectivity index (χ2n) is 3.55. The lowest BCUT2D eigenvalue weighted by Gasteiger charge is -2.06. The second kappa shape index (κ2) is 4.39. The first-order chi connectivity index (χ1) is 7.59. The molecule has 0 atom stereocenters. The van der Waals surface area contributed by atoms with Gasteiger partial charge in [-0.3, -0.25) is 9.36 Å². The summed E-state index contributed by atoms with van der Waals surface area (Å²) in [6.07, 6.45) is 1.64. The minimum absolute atomic E-state index is 0.0509. The molecular weight excluding hydrogens is 244 g/mol. The Hall–Kier alpha value is -1.13. The summed E-state index contributed by atoms with van der Waals surface area (Å²) in [5.74, 6) is 0. The van der Waals surface area contributed by atoms with Gasteiger partial charge in [-0.25, -0.2) is 4.98 Å². The molecule has 0 N–H and O–H groups in total. The first kappa shape index (κ1) is 11.4. The molecule has 0 aliphatic carbocycles. The molecule has 0 amide bonds. The van der Waals surface area contributed by atoms with E-state index >= 15 is 0 Å². The van der Waals surface area contributed by atoms with Crippen molar-refractivity contribution in [2.24, 2.45) is 0 Å². The zero-order valence-corrected chi connectivity index (χ0v) is 10.6. The van der Waals surface area contributed by atoms with Crippen LogP contribution in [0.3, 0.4) is 0 Å². The highest BCUT2D eigenvalue weighted by Crippen LogP contribution is 2.16. The van der Waals surface area contributed by atoms with Gasteiger partial charge in [-0.1, -0.05) is 29.0 Å². The van der Waals surface area contributed by atoms with Gasteiger partial charge in [0, 0.05) is 22.3 Å². The zero-order valence-electron chi connectivity index (χ0n) is 9.03. The van der Waals surface area contributed by atoms with Crippen molar-refractivity contribution in [2.75, 3.05) is 0 Å². The Morgan fingerprint density at radius 3 is 2.81 bits per heavy atom. The van der Waals surface area contributed by atoms with E-state index in [1.165, 1.54) is 11.3 Å². The first-order valence-corrected chi connectivity index (χ1v) is 6.05. The Morgan fingerprint density at radius 1 is 1.50 bits per heavy atom. The quantitative estimate of drug-likeness (QED) is 0.773. The predicted molar refractivity (Wildman–Crippen MR) is 66.4 cm³/mol. The van der Waals surface area contributed by atoms with Crippen molar-refractivity contribution in [3.8, 4) is 0 Å². The van der Waals surface area contributed by atoms with Gasteiger partial charge in [0.05, 0.1) is 6.54 Å². The van der Waals surface area contributed by atoms with Crippen LogP contribution in [0.5, 0.6) is 0 Å². The fraction of sp³-hybridized carbons (Fsp3) is 0.273. The Labute approximate surface area is 102 Å². The van der Waals surface area contributed by atoms with Gasteiger partial charge in [0.25, 0.3) is 0 Å². The second-order valence-corrected chi connectivity index (χ2v) is 5.07. The topological polar surface area (TPSA) is 34.9 Å². The zero-order chi connectivity index (χ0) is 11.7. The monoisotopic (exact) mass is 254 g/mol. The van der Waals surface area contributed by atoms with E-state index in [2.05, 4.69) is 4.98 Å². The van der Waals surface area contributed by atoms with Crippen LogP contribution in [0.25, 0.3) is 0 Å². The molecule has 0 aromatic carbocycles. The van der Waals surface area contributed by atoms with Gasteiger partial charge in [-0.15, -0.1) is 0 Å². The van der Waals surface area contributed by atoms with Crippen molar-refractivity contribution in [1.29, 1.82) is 0 Å². The summed E-state index contributed by atoms with van der Waals surface area (Å²) in [7, 11) is 0. The maximum atomic E-state index is 11.7. The lowest BCUT2D eigenvalue weighted by atomic mass is 10.3. The van der Waals surface area contributed by atoms with E-state index in [0.717, 1.165) is 16.1 Å². The molecule has 2 heterocycles. The Bertz CT molecular complexity index is 574. The van der Waals surface area contributed by atoms with Crippen LogP contribution in [-0.2, 0) is 6.54 Å². The molecular formula is C11H11ClN2OS. The van der Waals surface area contributed by atoms with Crippen molar-refractivity contribution in [3.05, 3.63) is 49.3 Å². The molecule has 0 aliphatic heterocycles. The summed E-state index contributed by atoms with van der Waals surface area (Å²) in [5.41, 5.74) is 1.86. The normalized spacial score (nSPS) is 10.7. The van der Waals surface area contributed by atoms with Gasteiger partial charge in [-0.05, 0) is 19.9 Å². The number of thiazole rings is 1. The van der Waals surface area contributed by atoms with Gasteiger partial charge >= 0.3 is 4.87 Å². The maximum absolute atomic E-state index is 11.7. The number of pyridine rings is 1.